The number of thiazole rings is 1. The van der Waals surface area contributed by atoms with E-state index in [1.54, 1.807) is 25.1 Å². The van der Waals surface area contributed by atoms with Crippen molar-refractivity contribution in [1.29, 1.82) is 0 Å². The van der Waals surface area contributed by atoms with Gasteiger partial charge in [0.15, 0.2) is 8.68 Å². The first-order valence-corrected chi connectivity index (χ1v) is 7.84. The molecule has 2 rings (SSSR count). The van der Waals surface area contributed by atoms with Crippen molar-refractivity contribution in [3.8, 4) is 0 Å². The molecular formula is C10H8Cl2N2O2S2. The topological polar surface area (TPSA) is 59.1 Å². The van der Waals surface area contributed by atoms with Crippen LogP contribution in [0.4, 0.5) is 5.69 Å². The van der Waals surface area contributed by atoms with Crippen LogP contribution in [0, 0.1) is 6.92 Å². The van der Waals surface area contributed by atoms with E-state index in [4.69, 9.17) is 23.2 Å². The molecule has 4 nitrogen and oxygen atoms in total. The molecule has 1 aromatic heterocycles. The second-order valence-corrected chi connectivity index (χ2v) is 7.46. The molecule has 0 amide bonds. The largest absolute Gasteiger partial charge is 0.279 e. The molecule has 0 spiro atoms. The second kappa shape index (κ2) is 5.05. The highest BCUT2D eigenvalue weighted by atomic mass is 35.5. The van der Waals surface area contributed by atoms with Crippen LogP contribution in [0.5, 0.6) is 0 Å². The van der Waals surface area contributed by atoms with Crippen molar-refractivity contribution in [3.05, 3.63) is 39.4 Å². The average molecular weight is 323 g/mol. The van der Waals surface area contributed by atoms with Crippen LogP contribution in [-0.4, -0.2) is 13.4 Å². The number of aromatic nitrogens is 1. The summed E-state index contributed by atoms with van der Waals surface area (Å²) in [6.07, 6.45) is 1.22. The number of nitrogens with zero attached hydrogens (tertiary/aromatic N) is 1. The molecule has 0 atom stereocenters. The number of hydrogen-bond acceptors (Lipinski definition) is 4. The van der Waals surface area contributed by atoms with Gasteiger partial charge in [0.25, 0.3) is 10.0 Å². The predicted octanol–water partition coefficient (Wildman–Crippen LogP) is 3.56. The fourth-order valence-electron chi connectivity index (χ4n) is 1.26. The van der Waals surface area contributed by atoms with Crippen LogP contribution >= 0.6 is 34.5 Å². The van der Waals surface area contributed by atoms with E-state index in [9.17, 15) is 8.42 Å². The van der Waals surface area contributed by atoms with Crippen LogP contribution in [0.1, 0.15) is 5.56 Å². The molecule has 18 heavy (non-hydrogen) atoms. The van der Waals surface area contributed by atoms with Gasteiger partial charge in [0, 0.05) is 5.02 Å². The van der Waals surface area contributed by atoms with E-state index >= 15 is 0 Å². The Hall–Kier alpha value is -0.820. The molecule has 0 saturated heterocycles. The SMILES string of the molecule is Cc1ccc(Cl)cc1NS(=O)(=O)c1cnc(Cl)s1. The Morgan fingerprint density at radius 3 is 2.67 bits per heavy atom. The molecule has 0 aliphatic heterocycles. The normalized spacial score (nSPS) is 11.5. The first-order chi connectivity index (χ1) is 8.38. The summed E-state index contributed by atoms with van der Waals surface area (Å²) in [4.78, 5) is 3.70. The van der Waals surface area contributed by atoms with Crippen molar-refractivity contribution in [3.63, 3.8) is 0 Å². The molecule has 1 aromatic carbocycles. The summed E-state index contributed by atoms with van der Waals surface area (Å²) in [5.74, 6) is 0. The Bertz CT molecular complexity index is 683. The minimum Gasteiger partial charge on any atom is -0.279 e. The first-order valence-electron chi connectivity index (χ1n) is 4.79. The number of anilines is 1. The molecular weight excluding hydrogens is 315 g/mol. The fraction of sp³-hybridized carbons (Fsp3) is 0.100. The van der Waals surface area contributed by atoms with Crippen molar-refractivity contribution in [1.82, 2.24) is 4.98 Å². The molecule has 0 radical (unpaired) electrons. The molecule has 0 aliphatic rings. The van der Waals surface area contributed by atoms with E-state index in [1.165, 1.54) is 6.20 Å². The van der Waals surface area contributed by atoms with Gasteiger partial charge in [-0.1, -0.05) is 40.6 Å². The van der Waals surface area contributed by atoms with Gasteiger partial charge in [0.2, 0.25) is 0 Å². The van der Waals surface area contributed by atoms with Gasteiger partial charge in [-0.05, 0) is 24.6 Å². The Morgan fingerprint density at radius 2 is 2.06 bits per heavy atom. The van der Waals surface area contributed by atoms with E-state index in [1.807, 2.05) is 0 Å². The van der Waals surface area contributed by atoms with Gasteiger partial charge < -0.3 is 0 Å². The molecule has 1 heterocycles. The smallest absolute Gasteiger partial charge is 0.273 e. The third kappa shape index (κ3) is 2.95. The van der Waals surface area contributed by atoms with E-state index < -0.39 is 10.0 Å². The maximum atomic E-state index is 12.0. The number of rotatable bonds is 3. The van der Waals surface area contributed by atoms with Crippen LogP contribution in [0.3, 0.4) is 0 Å². The summed E-state index contributed by atoms with van der Waals surface area (Å²) >= 11 is 12.3. The monoisotopic (exact) mass is 322 g/mol. The van der Waals surface area contributed by atoms with Crippen molar-refractivity contribution in [2.24, 2.45) is 0 Å². The zero-order valence-electron chi connectivity index (χ0n) is 9.15. The van der Waals surface area contributed by atoms with Gasteiger partial charge in [-0.15, -0.1) is 0 Å². The average Bonchev–Trinajstić information content (AvgIpc) is 2.71. The molecule has 0 bridgehead atoms. The molecule has 0 saturated carbocycles. The summed E-state index contributed by atoms with van der Waals surface area (Å²) < 4.78 is 26.8. The number of nitrogens with one attached hydrogen (secondary N) is 1. The molecule has 0 fully saturated rings. The lowest BCUT2D eigenvalue weighted by molar-refractivity contribution is 0.603. The van der Waals surface area contributed by atoms with Gasteiger partial charge in [0.05, 0.1) is 11.9 Å². The maximum Gasteiger partial charge on any atom is 0.273 e. The molecule has 1 N–H and O–H groups in total. The first kappa shape index (κ1) is 13.6. The van der Waals surface area contributed by atoms with E-state index in [0.717, 1.165) is 16.9 Å². The van der Waals surface area contributed by atoms with Crippen molar-refractivity contribution in [2.75, 3.05) is 4.72 Å². The number of hydrogen-bond donors (Lipinski definition) is 1. The van der Waals surface area contributed by atoms with Gasteiger partial charge >= 0.3 is 0 Å². The van der Waals surface area contributed by atoms with Crippen LogP contribution < -0.4 is 4.72 Å². The van der Waals surface area contributed by atoms with Crippen molar-refractivity contribution >= 4 is 50.2 Å². The Morgan fingerprint density at radius 1 is 1.33 bits per heavy atom. The zero-order valence-corrected chi connectivity index (χ0v) is 12.3. The lowest BCUT2D eigenvalue weighted by Gasteiger charge is -2.09. The number of benzene rings is 1. The number of aryl methyl sites for hydroxylation is 1. The van der Waals surface area contributed by atoms with Crippen LogP contribution in [0.25, 0.3) is 0 Å². The zero-order chi connectivity index (χ0) is 13.3. The highest BCUT2D eigenvalue weighted by Gasteiger charge is 2.18. The van der Waals surface area contributed by atoms with Crippen LogP contribution in [-0.2, 0) is 10.0 Å². The standard InChI is InChI=1S/C10H8Cl2N2O2S2/c1-6-2-3-7(11)4-8(6)14-18(15,16)9-5-13-10(12)17-9/h2-5,14H,1H3. The minimum atomic E-state index is -3.67. The third-order valence-electron chi connectivity index (χ3n) is 2.17. The quantitative estimate of drug-likeness (QED) is 0.939. The number of sulfonamides is 1. The highest BCUT2D eigenvalue weighted by Crippen LogP contribution is 2.27. The Balaban J connectivity index is 2.36. The molecule has 2 aromatic rings. The van der Waals surface area contributed by atoms with E-state index in [0.29, 0.717) is 10.7 Å². The predicted molar refractivity (Wildman–Crippen MR) is 74.1 cm³/mol. The lowest BCUT2D eigenvalue weighted by Crippen LogP contribution is -2.12. The highest BCUT2D eigenvalue weighted by molar-refractivity contribution is 7.94. The van der Waals surface area contributed by atoms with E-state index in [-0.39, 0.29) is 8.68 Å². The maximum absolute atomic E-state index is 12.0. The second-order valence-electron chi connectivity index (χ2n) is 3.50. The van der Waals surface area contributed by atoms with Crippen molar-refractivity contribution in [2.45, 2.75) is 11.1 Å². The Labute approximate surface area is 119 Å². The molecule has 8 heteroatoms. The Kier molecular flexibility index (Phi) is 3.82. The number of halogens is 2. The summed E-state index contributed by atoms with van der Waals surface area (Å²) in [5, 5.41) is 0.459. The van der Waals surface area contributed by atoms with Crippen LogP contribution in [0.15, 0.2) is 28.6 Å². The van der Waals surface area contributed by atoms with E-state index in [2.05, 4.69) is 9.71 Å². The van der Waals surface area contributed by atoms with Crippen molar-refractivity contribution < 1.29 is 8.42 Å². The fourth-order valence-corrected chi connectivity index (χ4v) is 3.85. The molecule has 96 valence electrons. The summed E-state index contributed by atoms with van der Waals surface area (Å²) in [7, 11) is -3.67. The van der Waals surface area contributed by atoms with Gasteiger partial charge in [-0.25, -0.2) is 13.4 Å². The lowest BCUT2D eigenvalue weighted by atomic mass is 10.2. The van der Waals surface area contributed by atoms with Crippen LogP contribution in [0.2, 0.25) is 9.49 Å². The third-order valence-corrected chi connectivity index (χ3v) is 5.34. The van der Waals surface area contributed by atoms with Gasteiger partial charge in [-0.3, -0.25) is 4.72 Å². The minimum absolute atomic E-state index is 0.0619. The summed E-state index contributed by atoms with van der Waals surface area (Å²) in [6, 6.07) is 4.98. The summed E-state index contributed by atoms with van der Waals surface area (Å²) in [5.41, 5.74) is 1.21. The van der Waals surface area contributed by atoms with Gasteiger partial charge in [0.1, 0.15) is 0 Å². The van der Waals surface area contributed by atoms with Gasteiger partial charge in [-0.2, -0.15) is 0 Å². The molecule has 0 aliphatic carbocycles. The molecule has 0 unspecified atom stereocenters. The summed E-state index contributed by atoms with van der Waals surface area (Å²) in [6.45, 7) is 1.79.